The molecule has 0 spiro atoms. The Morgan fingerprint density at radius 3 is 2.62 bits per heavy atom. The Hall–Kier alpha value is -2.76. The largest absolute Gasteiger partial charge is 0.422 e. The van der Waals surface area contributed by atoms with Gasteiger partial charge in [-0.25, -0.2) is 18.4 Å². The van der Waals surface area contributed by atoms with Crippen molar-refractivity contribution in [2.75, 3.05) is 0 Å². The van der Waals surface area contributed by atoms with Gasteiger partial charge < -0.3 is 4.42 Å². The highest BCUT2D eigenvalue weighted by Gasteiger charge is 2.12. The Morgan fingerprint density at radius 1 is 1.05 bits per heavy atom. The number of hydrogen-bond donors (Lipinski definition) is 0. The summed E-state index contributed by atoms with van der Waals surface area (Å²) in [6, 6.07) is 9.28. The maximum Gasteiger partial charge on any atom is 0.422 e. The molecule has 0 aliphatic heterocycles. The average Bonchev–Trinajstić information content (AvgIpc) is 2.47. The highest BCUT2D eigenvalue weighted by Crippen LogP contribution is 2.14. The molecule has 3 aromatic rings. The summed E-state index contributed by atoms with van der Waals surface area (Å²) in [4.78, 5) is 23.4. The van der Waals surface area contributed by atoms with E-state index >= 15 is 0 Å². The Labute approximate surface area is 116 Å². The van der Waals surface area contributed by atoms with Crippen molar-refractivity contribution in [3.8, 4) is 0 Å². The van der Waals surface area contributed by atoms with Gasteiger partial charge >= 0.3 is 11.4 Å². The van der Waals surface area contributed by atoms with E-state index in [0.717, 1.165) is 22.8 Å². The van der Waals surface area contributed by atoms with Gasteiger partial charge in [-0.3, -0.25) is 4.57 Å². The topological polar surface area (TPSA) is 52.2 Å². The fourth-order valence-electron chi connectivity index (χ4n) is 2.15. The molecule has 1 heterocycles. The molecule has 0 amide bonds. The molecule has 0 unspecified atom stereocenters. The Balaban J connectivity index is 2.24. The molecule has 1 aromatic heterocycles. The summed E-state index contributed by atoms with van der Waals surface area (Å²) in [6.07, 6.45) is 0. The SMILES string of the molecule is O=c1oc(=O)n(Cc2cc(F)ccc2F)c2ccccc12. The number of para-hydroxylation sites is 1. The van der Waals surface area contributed by atoms with Crippen LogP contribution in [0.1, 0.15) is 5.56 Å². The predicted molar refractivity (Wildman–Crippen MR) is 72.2 cm³/mol. The lowest BCUT2D eigenvalue weighted by Crippen LogP contribution is -2.25. The fourth-order valence-corrected chi connectivity index (χ4v) is 2.15. The molecule has 3 rings (SSSR count). The second-order valence-electron chi connectivity index (χ2n) is 4.49. The average molecular weight is 289 g/mol. The molecule has 0 aliphatic carbocycles. The van der Waals surface area contributed by atoms with Gasteiger partial charge in [0.1, 0.15) is 11.6 Å². The third-order valence-electron chi connectivity index (χ3n) is 3.15. The van der Waals surface area contributed by atoms with Gasteiger partial charge in [0.2, 0.25) is 0 Å². The van der Waals surface area contributed by atoms with Crippen molar-refractivity contribution in [3.05, 3.63) is 80.6 Å². The van der Waals surface area contributed by atoms with Crippen molar-refractivity contribution in [1.29, 1.82) is 0 Å². The monoisotopic (exact) mass is 289 g/mol. The summed E-state index contributed by atoms with van der Waals surface area (Å²) < 4.78 is 32.6. The lowest BCUT2D eigenvalue weighted by Gasteiger charge is -2.09. The summed E-state index contributed by atoms with van der Waals surface area (Å²) in [6.45, 7) is -0.229. The summed E-state index contributed by atoms with van der Waals surface area (Å²) in [5.74, 6) is -2.16. The van der Waals surface area contributed by atoms with Crippen LogP contribution in [-0.2, 0) is 6.54 Å². The second-order valence-corrected chi connectivity index (χ2v) is 4.49. The van der Waals surface area contributed by atoms with E-state index in [0.29, 0.717) is 5.52 Å². The zero-order valence-electron chi connectivity index (χ0n) is 10.7. The normalized spacial score (nSPS) is 11.0. The zero-order chi connectivity index (χ0) is 15.0. The molecule has 4 nitrogen and oxygen atoms in total. The molecule has 2 aromatic carbocycles. The van der Waals surface area contributed by atoms with E-state index in [1.807, 2.05) is 0 Å². The molecule has 0 aliphatic rings. The summed E-state index contributed by atoms with van der Waals surface area (Å²) in [7, 11) is 0. The highest BCUT2D eigenvalue weighted by atomic mass is 19.1. The van der Waals surface area contributed by atoms with Gasteiger partial charge in [0.25, 0.3) is 0 Å². The molecule has 6 heteroatoms. The minimum atomic E-state index is -0.914. The van der Waals surface area contributed by atoms with Gasteiger partial charge in [-0.1, -0.05) is 12.1 Å². The number of aromatic nitrogens is 1. The molecular weight excluding hydrogens is 280 g/mol. The third-order valence-corrected chi connectivity index (χ3v) is 3.15. The van der Waals surface area contributed by atoms with Gasteiger partial charge in [0.15, 0.2) is 0 Å². The van der Waals surface area contributed by atoms with E-state index in [2.05, 4.69) is 4.42 Å². The number of rotatable bonds is 2. The van der Waals surface area contributed by atoms with E-state index < -0.39 is 23.0 Å². The van der Waals surface area contributed by atoms with E-state index in [-0.39, 0.29) is 17.5 Å². The first-order valence-electron chi connectivity index (χ1n) is 6.13. The molecule has 106 valence electrons. The lowest BCUT2D eigenvalue weighted by atomic mass is 10.2. The van der Waals surface area contributed by atoms with Crippen LogP contribution in [0.3, 0.4) is 0 Å². The molecule has 0 radical (unpaired) electrons. The van der Waals surface area contributed by atoms with Crippen molar-refractivity contribution in [3.63, 3.8) is 0 Å². The maximum absolute atomic E-state index is 13.7. The molecule has 21 heavy (non-hydrogen) atoms. The third kappa shape index (κ3) is 2.35. The highest BCUT2D eigenvalue weighted by molar-refractivity contribution is 5.77. The van der Waals surface area contributed by atoms with Gasteiger partial charge in [0, 0.05) is 5.56 Å². The van der Waals surface area contributed by atoms with Gasteiger partial charge in [0.05, 0.1) is 17.4 Å². The summed E-state index contributed by atoms with van der Waals surface area (Å²) >= 11 is 0. The minimum Gasteiger partial charge on any atom is -0.372 e. The number of fused-ring (bicyclic) bond motifs is 1. The van der Waals surface area contributed by atoms with Crippen LogP contribution in [0.2, 0.25) is 0 Å². The van der Waals surface area contributed by atoms with Crippen molar-refractivity contribution < 1.29 is 13.2 Å². The van der Waals surface area contributed by atoms with E-state index in [1.165, 1.54) is 6.07 Å². The lowest BCUT2D eigenvalue weighted by molar-refractivity contribution is 0.422. The van der Waals surface area contributed by atoms with Crippen LogP contribution in [0.15, 0.2) is 56.5 Å². The molecule has 0 fully saturated rings. The molecule has 0 saturated heterocycles. The number of benzene rings is 2. The van der Waals surface area contributed by atoms with E-state index in [4.69, 9.17) is 0 Å². The smallest absolute Gasteiger partial charge is 0.372 e. The van der Waals surface area contributed by atoms with Crippen molar-refractivity contribution in [2.45, 2.75) is 6.54 Å². The molecule has 0 N–H and O–H groups in total. The molecule has 0 saturated carbocycles. The van der Waals surface area contributed by atoms with Gasteiger partial charge in [-0.2, -0.15) is 0 Å². The Morgan fingerprint density at radius 2 is 1.81 bits per heavy atom. The molecule has 0 bridgehead atoms. The van der Waals surface area contributed by atoms with E-state index in [1.54, 1.807) is 18.2 Å². The van der Waals surface area contributed by atoms with Crippen LogP contribution in [-0.4, -0.2) is 4.57 Å². The van der Waals surface area contributed by atoms with Gasteiger partial charge in [-0.05, 0) is 30.3 Å². The zero-order valence-corrected chi connectivity index (χ0v) is 10.7. The Kier molecular flexibility index (Phi) is 3.13. The van der Waals surface area contributed by atoms with Crippen molar-refractivity contribution >= 4 is 10.9 Å². The van der Waals surface area contributed by atoms with Crippen molar-refractivity contribution in [1.82, 2.24) is 4.57 Å². The first-order chi connectivity index (χ1) is 10.1. The molecular formula is C15H9F2NO3. The quantitative estimate of drug-likeness (QED) is 0.727. The van der Waals surface area contributed by atoms with Crippen LogP contribution in [0.5, 0.6) is 0 Å². The number of hydrogen-bond acceptors (Lipinski definition) is 3. The first-order valence-corrected chi connectivity index (χ1v) is 6.13. The maximum atomic E-state index is 13.7. The minimum absolute atomic E-state index is 0.00361. The summed E-state index contributed by atoms with van der Waals surface area (Å²) in [5.41, 5.74) is -0.454. The van der Waals surface area contributed by atoms with Crippen LogP contribution < -0.4 is 11.4 Å². The van der Waals surface area contributed by atoms with Crippen molar-refractivity contribution in [2.24, 2.45) is 0 Å². The first kappa shape index (κ1) is 13.2. The summed E-state index contributed by atoms with van der Waals surface area (Å²) in [5, 5.41) is 0.203. The van der Waals surface area contributed by atoms with E-state index in [9.17, 15) is 18.4 Å². The number of halogens is 2. The Bertz CT molecular complexity index is 944. The number of nitrogens with zero attached hydrogens (tertiary/aromatic N) is 1. The van der Waals surface area contributed by atoms with Crippen LogP contribution >= 0.6 is 0 Å². The second kappa shape index (κ2) is 4.97. The van der Waals surface area contributed by atoms with Crippen LogP contribution in [0, 0.1) is 11.6 Å². The molecule has 0 atom stereocenters. The van der Waals surface area contributed by atoms with Gasteiger partial charge in [-0.15, -0.1) is 0 Å². The standard InChI is InChI=1S/C15H9F2NO3/c16-10-5-6-12(17)9(7-10)8-18-13-4-2-1-3-11(13)14(19)21-15(18)20/h1-7H,8H2. The predicted octanol–water partition coefficient (Wildman–Crippen LogP) is 2.28. The fraction of sp³-hybridized carbons (Fsp3) is 0.0667. The van der Waals surface area contributed by atoms with Crippen LogP contribution in [0.25, 0.3) is 10.9 Å². The van der Waals surface area contributed by atoms with Crippen LogP contribution in [0.4, 0.5) is 8.78 Å².